The van der Waals surface area contributed by atoms with Gasteiger partial charge >= 0.3 is 0 Å². The molecule has 0 aliphatic heterocycles. The second kappa shape index (κ2) is 5.63. The van der Waals surface area contributed by atoms with Crippen LogP contribution in [0.4, 0.5) is 0 Å². The summed E-state index contributed by atoms with van der Waals surface area (Å²) in [5, 5.41) is 0. The lowest BCUT2D eigenvalue weighted by atomic mass is 10.3. The Labute approximate surface area is 121 Å². The number of benzene rings is 1. The maximum atomic E-state index is 11.1. The van der Waals surface area contributed by atoms with Crippen molar-refractivity contribution in [2.75, 3.05) is 0 Å². The number of carbonyl (C=O) groups is 1. The van der Waals surface area contributed by atoms with E-state index in [4.69, 9.17) is 4.74 Å². The maximum Gasteiger partial charge on any atom is 0.178 e. The zero-order chi connectivity index (χ0) is 13.1. The fraction of sp³-hybridized carbons (Fsp3) is 0.0769. The normalized spacial score (nSPS) is 10.2. The van der Waals surface area contributed by atoms with Crippen LogP contribution in [0.3, 0.4) is 0 Å². The van der Waals surface area contributed by atoms with Gasteiger partial charge in [-0.05, 0) is 46.3 Å². The van der Waals surface area contributed by atoms with E-state index in [1.54, 1.807) is 12.1 Å². The van der Waals surface area contributed by atoms with Crippen LogP contribution in [-0.2, 0) is 0 Å². The molecule has 18 heavy (non-hydrogen) atoms. The van der Waals surface area contributed by atoms with E-state index in [9.17, 15) is 4.79 Å². The topological polar surface area (TPSA) is 39.2 Å². The largest absolute Gasteiger partial charge is 0.455 e. The number of halogens is 2. The molecule has 1 aromatic heterocycles. The lowest BCUT2D eigenvalue weighted by molar-refractivity contribution is 0.101. The molecule has 92 valence electrons. The highest BCUT2D eigenvalue weighted by molar-refractivity contribution is 9.11. The first-order valence-corrected chi connectivity index (χ1v) is 6.75. The Balaban J connectivity index is 2.21. The molecule has 1 heterocycles. The Hall–Kier alpha value is -1.20. The van der Waals surface area contributed by atoms with Crippen molar-refractivity contribution < 1.29 is 9.53 Å². The highest BCUT2D eigenvalue weighted by Gasteiger charge is 2.05. The SMILES string of the molecule is CC(=O)c1ccc(Oc2ccc(Br)cc2Br)cn1. The first kappa shape index (κ1) is 13.2. The molecule has 0 unspecified atom stereocenters. The van der Waals surface area contributed by atoms with Crippen LogP contribution in [0.2, 0.25) is 0 Å². The van der Waals surface area contributed by atoms with Gasteiger partial charge in [0.1, 0.15) is 17.2 Å². The molecule has 0 spiro atoms. The molecule has 0 N–H and O–H groups in total. The highest BCUT2D eigenvalue weighted by Crippen LogP contribution is 2.31. The van der Waals surface area contributed by atoms with E-state index in [0.717, 1.165) is 8.95 Å². The van der Waals surface area contributed by atoms with Gasteiger partial charge in [-0.25, -0.2) is 4.98 Å². The van der Waals surface area contributed by atoms with Crippen LogP contribution in [0, 0.1) is 0 Å². The predicted octanol–water partition coefficient (Wildman–Crippen LogP) is 4.60. The van der Waals surface area contributed by atoms with Crippen molar-refractivity contribution in [3.05, 3.63) is 51.2 Å². The summed E-state index contributed by atoms with van der Waals surface area (Å²) < 4.78 is 7.46. The molecule has 0 amide bonds. The number of carbonyl (C=O) groups excluding carboxylic acids is 1. The Morgan fingerprint density at radius 3 is 2.56 bits per heavy atom. The summed E-state index contributed by atoms with van der Waals surface area (Å²) >= 11 is 6.78. The number of aromatic nitrogens is 1. The number of nitrogens with zero attached hydrogens (tertiary/aromatic N) is 1. The fourth-order valence-electron chi connectivity index (χ4n) is 1.33. The van der Waals surface area contributed by atoms with Crippen molar-refractivity contribution in [1.82, 2.24) is 4.98 Å². The Kier molecular flexibility index (Phi) is 4.14. The standard InChI is InChI=1S/C13H9Br2NO2/c1-8(17)12-4-3-10(7-16-12)18-13-5-2-9(14)6-11(13)15/h2-7H,1H3. The van der Waals surface area contributed by atoms with Crippen LogP contribution in [-0.4, -0.2) is 10.8 Å². The first-order chi connectivity index (χ1) is 8.56. The van der Waals surface area contributed by atoms with Crippen molar-refractivity contribution in [3.63, 3.8) is 0 Å². The summed E-state index contributed by atoms with van der Waals surface area (Å²) in [5.41, 5.74) is 0.428. The molecular weight excluding hydrogens is 362 g/mol. The second-order valence-corrected chi connectivity index (χ2v) is 5.38. The summed E-state index contributed by atoms with van der Waals surface area (Å²) in [5.74, 6) is 1.21. The Morgan fingerprint density at radius 2 is 2.00 bits per heavy atom. The van der Waals surface area contributed by atoms with Crippen LogP contribution < -0.4 is 4.74 Å². The fourth-order valence-corrected chi connectivity index (χ4v) is 2.46. The molecule has 0 saturated carbocycles. The van der Waals surface area contributed by atoms with Gasteiger partial charge in [0.25, 0.3) is 0 Å². The van der Waals surface area contributed by atoms with E-state index in [2.05, 4.69) is 36.8 Å². The molecule has 5 heteroatoms. The number of ketones is 1. The second-order valence-electron chi connectivity index (χ2n) is 3.61. The van der Waals surface area contributed by atoms with Crippen LogP contribution in [0.1, 0.15) is 17.4 Å². The van der Waals surface area contributed by atoms with Crippen molar-refractivity contribution >= 4 is 37.6 Å². The van der Waals surface area contributed by atoms with Crippen molar-refractivity contribution in [2.45, 2.75) is 6.92 Å². The molecule has 0 radical (unpaired) electrons. The van der Waals surface area contributed by atoms with Gasteiger partial charge in [0.05, 0.1) is 10.7 Å². The van der Waals surface area contributed by atoms with Gasteiger partial charge in [-0.2, -0.15) is 0 Å². The van der Waals surface area contributed by atoms with Gasteiger partial charge in [-0.3, -0.25) is 4.79 Å². The molecule has 0 aliphatic carbocycles. The van der Waals surface area contributed by atoms with E-state index in [1.807, 2.05) is 18.2 Å². The van der Waals surface area contributed by atoms with Gasteiger partial charge in [-0.1, -0.05) is 15.9 Å². The number of hydrogen-bond donors (Lipinski definition) is 0. The quantitative estimate of drug-likeness (QED) is 0.741. The lowest BCUT2D eigenvalue weighted by Crippen LogP contribution is -1.96. The average molecular weight is 371 g/mol. The zero-order valence-electron chi connectivity index (χ0n) is 9.48. The molecule has 2 aromatic rings. The zero-order valence-corrected chi connectivity index (χ0v) is 12.7. The van der Waals surface area contributed by atoms with E-state index >= 15 is 0 Å². The number of hydrogen-bond acceptors (Lipinski definition) is 3. The first-order valence-electron chi connectivity index (χ1n) is 5.16. The summed E-state index contributed by atoms with van der Waals surface area (Å²) in [7, 11) is 0. The molecule has 0 atom stereocenters. The molecular formula is C13H9Br2NO2. The third-order valence-corrected chi connectivity index (χ3v) is 3.33. The molecule has 2 rings (SSSR count). The number of pyridine rings is 1. The van der Waals surface area contributed by atoms with E-state index in [0.29, 0.717) is 17.2 Å². The van der Waals surface area contributed by atoms with Crippen LogP contribution in [0.15, 0.2) is 45.5 Å². The number of ether oxygens (including phenoxy) is 1. The van der Waals surface area contributed by atoms with Gasteiger partial charge in [0, 0.05) is 11.4 Å². The van der Waals surface area contributed by atoms with Gasteiger partial charge in [0.15, 0.2) is 5.78 Å². The van der Waals surface area contributed by atoms with Crippen LogP contribution >= 0.6 is 31.9 Å². The minimum Gasteiger partial charge on any atom is -0.455 e. The number of rotatable bonds is 3. The van der Waals surface area contributed by atoms with Gasteiger partial charge < -0.3 is 4.74 Å². The molecule has 0 aliphatic rings. The maximum absolute atomic E-state index is 11.1. The van der Waals surface area contributed by atoms with Crippen LogP contribution in [0.5, 0.6) is 11.5 Å². The third kappa shape index (κ3) is 3.17. The van der Waals surface area contributed by atoms with E-state index in [-0.39, 0.29) is 5.78 Å². The lowest BCUT2D eigenvalue weighted by Gasteiger charge is -2.07. The molecule has 3 nitrogen and oxygen atoms in total. The minimum atomic E-state index is -0.0635. The summed E-state index contributed by atoms with van der Waals surface area (Å²) in [6, 6.07) is 8.99. The average Bonchev–Trinajstić information content (AvgIpc) is 2.33. The summed E-state index contributed by atoms with van der Waals surface area (Å²) in [4.78, 5) is 15.1. The van der Waals surface area contributed by atoms with Crippen molar-refractivity contribution in [1.29, 1.82) is 0 Å². The minimum absolute atomic E-state index is 0.0635. The van der Waals surface area contributed by atoms with Gasteiger partial charge in [-0.15, -0.1) is 0 Å². The third-order valence-electron chi connectivity index (χ3n) is 2.22. The smallest absolute Gasteiger partial charge is 0.178 e. The summed E-state index contributed by atoms with van der Waals surface area (Å²) in [6.07, 6.45) is 1.53. The van der Waals surface area contributed by atoms with E-state index < -0.39 is 0 Å². The molecule has 0 bridgehead atoms. The Bertz CT molecular complexity index is 582. The van der Waals surface area contributed by atoms with Crippen molar-refractivity contribution in [2.24, 2.45) is 0 Å². The Morgan fingerprint density at radius 1 is 1.22 bits per heavy atom. The molecule has 0 saturated heterocycles. The molecule has 0 fully saturated rings. The predicted molar refractivity (Wildman–Crippen MR) is 76.2 cm³/mol. The molecule has 1 aromatic carbocycles. The number of Topliss-reactive ketones (excluding diaryl/α,β-unsaturated/α-hetero) is 1. The van der Waals surface area contributed by atoms with E-state index in [1.165, 1.54) is 13.1 Å². The highest BCUT2D eigenvalue weighted by atomic mass is 79.9. The van der Waals surface area contributed by atoms with Crippen LogP contribution in [0.25, 0.3) is 0 Å². The summed E-state index contributed by atoms with van der Waals surface area (Å²) in [6.45, 7) is 1.48. The van der Waals surface area contributed by atoms with Crippen molar-refractivity contribution in [3.8, 4) is 11.5 Å². The monoisotopic (exact) mass is 369 g/mol. The van der Waals surface area contributed by atoms with Gasteiger partial charge in [0.2, 0.25) is 0 Å².